The Morgan fingerprint density at radius 1 is 0.500 bits per heavy atom. The Hall–Kier alpha value is -5.97. The van der Waals surface area contributed by atoms with Crippen molar-refractivity contribution in [3.8, 4) is 11.5 Å². The predicted octanol–water partition coefficient (Wildman–Crippen LogP) is 5.76. The van der Waals surface area contributed by atoms with Gasteiger partial charge in [-0.2, -0.15) is 16.8 Å². The van der Waals surface area contributed by atoms with Crippen LogP contribution in [0.5, 0.6) is 11.5 Å². The van der Waals surface area contributed by atoms with E-state index >= 15 is 0 Å². The number of fused-ring (bicyclic) bond motifs is 2. The van der Waals surface area contributed by atoms with E-state index in [2.05, 4.69) is 20.1 Å². The van der Waals surface area contributed by atoms with E-state index in [0.29, 0.717) is 0 Å². The highest BCUT2D eigenvalue weighted by Crippen LogP contribution is 2.39. The zero-order chi connectivity index (χ0) is 41.0. The molecule has 56 heavy (non-hydrogen) atoms. The number of hydrogen-bond acceptors (Lipinski definition) is 11. The highest BCUT2D eigenvalue weighted by molar-refractivity contribution is 7.93. The SMILES string of the molecule is Cc1ccc(NC(=O)Nc2ccc(C)c(S(=O)(=O)Nc3cc(O)c(S(=O)(=O)O)c4ccccc34)c2)cc1S(=O)(=O)Nc1cc(O)c(S(=O)(=O)O)c2ccccc12. The minimum absolute atomic E-state index is 0.00967. The number of urea groups is 1. The van der Waals surface area contributed by atoms with Gasteiger partial charge in [-0.3, -0.25) is 18.5 Å². The van der Waals surface area contributed by atoms with E-state index in [-0.39, 0.29) is 65.2 Å². The summed E-state index contributed by atoms with van der Waals surface area (Å²) in [4.78, 5) is 10.9. The maximum atomic E-state index is 13.6. The van der Waals surface area contributed by atoms with Gasteiger partial charge in [0.05, 0.1) is 21.2 Å². The Kier molecular flexibility index (Phi) is 10.1. The normalized spacial score (nSPS) is 12.4. The molecule has 0 unspecified atom stereocenters. The summed E-state index contributed by atoms with van der Waals surface area (Å²) in [6.07, 6.45) is 0. The van der Waals surface area contributed by atoms with Crippen LogP contribution >= 0.6 is 0 Å². The van der Waals surface area contributed by atoms with Gasteiger partial charge in [-0.05, 0) is 49.2 Å². The van der Waals surface area contributed by atoms with Gasteiger partial charge in [-0.1, -0.05) is 60.7 Å². The van der Waals surface area contributed by atoms with Crippen LogP contribution in [0.1, 0.15) is 11.1 Å². The van der Waals surface area contributed by atoms with E-state index in [9.17, 15) is 57.8 Å². The largest absolute Gasteiger partial charge is 0.506 e. The zero-order valence-electron chi connectivity index (χ0n) is 28.8. The lowest BCUT2D eigenvalue weighted by molar-refractivity contribution is 0.262. The lowest BCUT2D eigenvalue weighted by atomic mass is 10.1. The number of amides is 2. The number of phenolic OH excluding ortho intramolecular Hbond substituents is 2. The molecule has 0 fully saturated rings. The van der Waals surface area contributed by atoms with Gasteiger partial charge >= 0.3 is 6.03 Å². The average molecular weight is 843 g/mol. The van der Waals surface area contributed by atoms with Gasteiger partial charge in [0.2, 0.25) is 0 Å². The molecule has 6 aromatic carbocycles. The zero-order valence-corrected chi connectivity index (χ0v) is 32.1. The Balaban J connectivity index is 1.24. The van der Waals surface area contributed by atoms with Crippen molar-refractivity contribution in [3.63, 3.8) is 0 Å². The van der Waals surface area contributed by atoms with Crippen LogP contribution in [0.15, 0.2) is 117 Å². The number of hydrogen-bond donors (Lipinski definition) is 8. The first-order valence-electron chi connectivity index (χ1n) is 15.9. The molecular weight excluding hydrogens is 813 g/mol. The van der Waals surface area contributed by atoms with E-state index < -0.39 is 67.6 Å². The third-order valence-corrected chi connectivity index (χ3v) is 13.3. The van der Waals surface area contributed by atoms with Crippen LogP contribution in [-0.4, -0.2) is 59.0 Å². The first-order chi connectivity index (χ1) is 26.1. The number of anilines is 4. The van der Waals surface area contributed by atoms with Crippen molar-refractivity contribution in [1.82, 2.24) is 0 Å². The molecule has 0 bridgehead atoms. The molecule has 17 nitrogen and oxygen atoms in total. The Morgan fingerprint density at radius 3 is 1.18 bits per heavy atom. The van der Waals surface area contributed by atoms with Crippen LogP contribution in [0.4, 0.5) is 27.5 Å². The van der Waals surface area contributed by atoms with Crippen LogP contribution < -0.4 is 20.1 Å². The maximum Gasteiger partial charge on any atom is 0.323 e. The van der Waals surface area contributed by atoms with Gasteiger partial charge in [-0.25, -0.2) is 21.6 Å². The van der Waals surface area contributed by atoms with Crippen molar-refractivity contribution in [1.29, 1.82) is 0 Å². The Bertz CT molecular complexity index is 2880. The molecule has 0 atom stereocenters. The fourth-order valence-electron chi connectivity index (χ4n) is 6.01. The molecule has 6 aromatic rings. The molecule has 0 spiro atoms. The molecule has 0 saturated heterocycles. The second kappa shape index (κ2) is 14.3. The Labute approximate surface area is 320 Å². The Morgan fingerprint density at radius 2 is 0.839 bits per heavy atom. The summed E-state index contributed by atoms with van der Waals surface area (Å²) >= 11 is 0. The highest BCUT2D eigenvalue weighted by atomic mass is 32.2. The summed E-state index contributed by atoms with van der Waals surface area (Å²) in [5, 5.41) is 25.6. The fraction of sp³-hybridized carbons (Fsp3) is 0.0571. The lowest BCUT2D eigenvalue weighted by Crippen LogP contribution is -2.21. The van der Waals surface area contributed by atoms with Crippen molar-refractivity contribution < 1.29 is 57.8 Å². The first kappa shape index (κ1) is 39.7. The topological polar surface area (TPSA) is 283 Å². The van der Waals surface area contributed by atoms with E-state index in [1.807, 2.05) is 0 Å². The quantitative estimate of drug-likeness (QED) is 0.0763. The van der Waals surface area contributed by atoms with Gasteiger partial charge in [0.15, 0.2) is 0 Å². The molecular formula is C35H30N4O13S4. The number of sulfonamides is 2. The molecule has 0 saturated carbocycles. The van der Waals surface area contributed by atoms with Crippen molar-refractivity contribution >= 4 is 90.6 Å². The first-order valence-corrected chi connectivity index (χ1v) is 21.7. The van der Waals surface area contributed by atoms with Crippen molar-refractivity contribution in [2.45, 2.75) is 33.4 Å². The van der Waals surface area contributed by atoms with Crippen molar-refractivity contribution in [2.24, 2.45) is 0 Å². The van der Waals surface area contributed by atoms with Gasteiger partial charge < -0.3 is 20.8 Å². The van der Waals surface area contributed by atoms with E-state index in [4.69, 9.17) is 0 Å². The molecule has 292 valence electrons. The van der Waals surface area contributed by atoms with Crippen LogP contribution in [0.25, 0.3) is 21.5 Å². The van der Waals surface area contributed by atoms with E-state index in [1.165, 1.54) is 86.6 Å². The summed E-state index contributed by atoms with van der Waals surface area (Å²) in [6.45, 7) is 2.95. The molecule has 0 aliphatic rings. The third-order valence-electron chi connectivity index (χ3n) is 8.43. The second-order valence-corrected chi connectivity index (χ2v) is 18.4. The van der Waals surface area contributed by atoms with Crippen molar-refractivity contribution in [3.05, 3.63) is 108 Å². The summed E-state index contributed by atoms with van der Waals surface area (Å²) in [5.74, 6) is -1.81. The molecule has 0 radical (unpaired) electrons. The van der Waals surface area contributed by atoms with Gasteiger partial charge in [0.1, 0.15) is 21.3 Å². The maximum absolute atomic E-state index is 13.6. The lowest BCUT2D eigenvalue weighted by Gasteiger charge is -2.16. The van der Waals surface area contributed by atoms with Crippen LogP contribution in [-0.2, 0) is 40.3 Å². The fourth-order valence-corrected chi connectivity index (χ4v) is 10.2. The van der Waals surface area contributed by atoms with E-state index in [0.717, 1.165) is 24.3 Å². The number of aromatic hydroxyl groups is 2. The molecule has 0 aromatic heterocycles. The third kappa shape index (κ3) is 7.89. The minimum atomic E-state index is -4.90. The number of phenols is 2. The summed E-state index contributed by atoms with van der Waals surface area (Å²) in [7, 11) is -18.7. The number of aryl methyl sites for hydroxylation is 2. The molecule has 6 rings (SSSR count). The number of carbonyl (C=O) groups is 1. The number of nitrogens with one attached hydrogen (secondary N) is 4. The predicted molar refractivity (Wildman–Crippen MR) is 207 cm³/mol. The summed E-state index contributed by atoms with van der Waals surface area (Å²) in [6, 6.07) is 19.8. The smallest absolute Gasteiger partial charge is 0.323 e. The monoisotopic (exact) mass is 842 g/mol. The van der Waals surface area contributed by atoms with Gasteiger partial charge in [0, 0.05) is 45.1 Å². The molecule has 0 heterocycles. The average Bonchev–Trinajstić information content (AvgIpc) is 3.08. The van der Waals surface area contributed by atoms with Gasteiger partial charge in [0.25, 0.3) is 40.3 Å². The number of rotatable bonds is 10. The van der Waals surface area contributed by atoms with Crippen molar-refractivity contribution in [2.75, 3.05) is 20.1 Å². The highest BCUT2D eigenvalue weighted by Gasteiger charge is 2.27. The second-order valence-electron chi connectivity index (χ2n) is 12.3. The minimum Gasteiger partial charge on any atom is -0.506 e. The standard InChI is InChI=1S/C35H30N4O13S4/c1-19-11-13-21(15-31(19)53(43,44)38-27-17-29(40)33(55(47,48)49)25-9-5-3-7-23(25)27)36-35(42)37-22-14-12-20(2)32(16-22)54(45,46)39-28-18-30(41)34(56(50,51)52)26-10-6-4-8-24(26)28/h3-18,38-41H,1-2H3,(H2,36,37,42)(H,47,48,49)(H,50,51,52). The summed E-state index contributed by atoms with van der Waals surface area (Å²) < 4.78 is 126. The van der Waals surface area contributed by atoms with Crippen LogP contribution in [0, 0.1) is 13.8 Å². The molecule has 2 amide bonds. The van der Waals surface area contributed by atoms with Crippen LogP contribution in [0.3, 0.4) is 0 Å². The number of benzene rings is 6. The molecule has 8 N–H and O–H groups in total. The molecule has 21 heteroatoms. The molecule has 0 aliphatic heterocycles. The van der Waals surface area contributed by atoms with Gasteiger partial charge in [-0.15, -0.1) is 0 Å². The molecule has 0 aliphatic carbocycles. The summed E-state index contributed by atoms with van der Waals surface area (Å²) in [5.41, 5.74) is 0.0397. The van der Waals surface area contributed by atoms with E-state index in [1.54, 1.807) is 0 Å². The number of carbonyl (C=O) groups excluding carboxylic acids is 1. The van der Waals surface area contributed by atoms with Crippen LogP contribution in [0.2, 0.25) is 0 Å².